The molecule has 1 amide bonds. The van der Waals surface area contributed by atoms with Crippen molar-refractivity contribution >= 4 is 5.91 Å². The number of morpholine rings is 1. The highest BCUT2D eigenvalue weighted by molar-refractivity contribution is 5.81. The van der Waals surface area contributed by atoms with Crippen molar-refractivity contribution in [3.05, 3.63) is 0 Å². The first-order chi connectivity index (χ1) is 6.70. The molecule has 0 spiro atoms. The quantitative estimate of drug-likeness (QED) is 0.651. The van der Waals surface area contributed by atoms with Gasteiger partial charge < -0.3 is 15.4 Å². The van der Waals surface area contributed by atoms with Crippen LogP contribution in [0.15, 0.2) is 0 Å². The van der Waals surface area contributed by atoms with E-state index in [9.17, 15) is 4.79 Å². The van der Waals surface area contributed by atoms with Gasteiger partial charge in [0.05, 0.1) is 24.8 Å². The number of ether oxygens (including phenoxy) is 1. The van der Waals surface area contributed by atoms with E-state index in [0.29, 0.717) is 19.2 Å². The molecule has 0 radical (unpaired) electrons. The minimum absolute atomic E-state index is 0.0743. The lowest BCUT2D eigenvalue weighted by Crippen LogP contribution is -2.55. The number of amides is 1. The van der Waals surface area contributed by atoms with Gasteiger partial charge >= 0.3 is 0 Å². The summed E-state index contributed by atoms with van der Waals surface area (Å²) in [6.45, 7) is 3.13. The molecule has 3 unspecified atom stereocenters. The van der Waals surface area contributed by atoms with E-state index < -0.39 is 0 Å². The zero-order valence-electron chi connectivity index (χ0n) is 8.61. The molecule has 0 aromatic heterocycles. The Kier molecular flexibility index (Phi) is 2.74. The zero-order chi connectivity index (χ0) is 10.1. The lowest BCUT2D eigenvalue weighted by atomic mass is 10.1. The molecule has 0 aromatic rings. The van der Waals surface area contributed by atoms with Gasteiger partial charge in [-0.2, -0.15) is 0 Å². The van der Waals surface area contributed by atoms with Gasteiger partial charge in [0.2, 0.25) is 5.91 Å². The highest BCUT2D eigenvalue weighted by atomic mass is 16.5. The van der Waals surface area contributed by atoms with Crippen LogP contribution >= 0.6 is 0 Å². The maximum Gasteiger partial charge on any atom is 0.239 e. The van der Waals surface area contributed by atoms with Crippen molar-refractivity contribution < 1.29 is 9.53 Å². The van der Waals surface area contributed by atoms with Crippen molar-refractivity contribution in [1.82, 2.24) is 4.90 Å². The van der Waals surface area contributed by atoms with Crippen molar-refractivity contribution in [1.29, 1.82) is 0 Å². The summed E-state index contributed by atoms with van der Waals surface area (Å²) in [6.07, 6.45) is 3.60. The minimum atomic E-state index is -0.380. The summed E-state index contributed by atoms with van der Waals surface area (Å²) in [4.78, 5) is 13.7. The summed E-state index contributed by atoms with van der Waals surface area (Å²) in [5.74, 6) is 0.0743. The van der Waals surface area contributed by atoms with Crippen LogP contribution in [0.25, 0.3) is 0 Å². The standard InChI is InChI=1S/C10H18N2O2/c1-7(11)10(13)12-5-6-14-9-4-2-3-8(9)12/h7-9H,2-6,11H2,1H3. The number of carbonyl (C=O) groups excluding carboxylic acids is 1. The van der Waals surface area contributed by atoms with Gasteiger partial charge in [-0.1, -0.05) is 0 Å². The average Bonchev–Trinajstić information content (AvgIpc) is 2.63. The SMILES string of the molecule is CC(N)C(=O)N1CCOC2CCCC21. The van der Waals surface area contributed by atoms with Gasteiger partial charge in [0.15, 0.2) is 0 Å². The van der Waals surface area contributed by atoms with Crippen LogP contribution in [-0.4, -0.2) is 42.1 Å². The highest BCUT2D eigenvalue weighted by Gasteiger charge is 2.38. The molecule has 2 fully saturated rings. The number of rotatable bonds is 1. The van der Waals surface area contributed by atoms with E-state index in [2.05, 4.69) is 0 Å². The average molecular weight is 198 g/mol. The first kappa shape index (κ1) is 9.93. The van der Waals surface area contributed by atoms with Crippen LogP contribution in [0.3, 0.4) is 0 Å². The highest BCUT2D eigenvalue weighted by Crippen LogP contribution is 2.29. The summed E-state index contributed by atoms with van der Waals surface area (Å²) in [6, 6.07) is -0.0865. The van der Waals surface area contributed by atoms with Crippen LogP contribution in [0, 0.1) is 0 Å². The molecule has 80 valence electrons. The van der Waals surface area contributed by atoms with Crippen molar-refractivity contribution in [2.45, 2.75) is 44.4 Å². The monoisotopic (exact) mass is 198 g/mol. The molecule has 4 nitrogen and oxygen atoms in total. The Labute approximate surface area is 84.4 Å². The summed E-state index contributed by atoms with van der Waals surface area (Å²) >= 11 is 0. The van der Waals surface area contributed by atoms with E-state index in [0.717, 1.165) is 19.3 Å². The molecule has 3 atom stereocenters. The number of hydrogen-bond donors (Lipinski definition) is 1. The Hall–Kier alpha value is -0.610. The number of carbonyl (C=O) groups is 1. The Morgan fingerprint density at radius 1 is 1.57 bits per heavy atom. The number of nitrogens with two attached hydrogens (primary N) is 1. The third kappa shape index (κ3) is 1.64. The first-order valence-corrected chi connectivity index (χ1v) is 5.38. The Morgan fingerprint density at radius 3 is 3.07 bits per heavy atom. The van der Waals surface area contributed by atoms with E-state index in [1.165, 1.54) is 0 Å². The molecular weight excluding hydrogens is 180 g/mol. The molecule has 1 aliphatic heterocycles. The normalized spacial score (nSPS) is 34.0. The molecule has 1 saturated carbocycles. The van der Waals surface area contributed by atoms with Crippen LogP contribution in [0.2, 0.25) is 0 Å². The Balaban J connectivity index is 2.06. The van der Waals surface area contributed by atoms with Crippen LogP contribution in [0.4, 0.5) is 0 Å². The lowest BCUT2D eigenvalue weighted by molar-refractivity contribution is -0.144. The molecule has 2 rings (SSSR count). The molecule has 0 bridgehead atoms. The van der Waals surface area contributed by atoms with Crippen molar-refractivity contribution in [2.24, 2.45) is 5.73 Å². The second kappa shape index (κ2) is 3.87. The topological polar surface area (TPSA) is 55.6 Å². The molecule has 0 aromatic carbocycles. The third-order valence-electron chi connectivity index (χ3n) is 3.15. The molecule has 1 heterocycles. The van der Waals surface area contributed by atoms with Crippen molar-refractivity contribution in [2.75, 3.05) is 13.2 Å². The third-order valence-corrected chi connectivity index (χ3v) is 3.15. The zero-order valence-corrected chi connectivity index (χ0v) is 8.61. The van der Waals surface area contributed by atoms with Gasteiger partial charge in [0.1, 0.15) is 0 Å². The molecule has 1 saturated heterocycles. The first-order valence-electron chi connectivity index (χ1n) is 5.38. The largest absolute Gasteiger partial charge is 0.374 e. The van der Waals surface area contributed by atoms with E-state index in [-0.39, 0.29) is 18.1 Å². The van der Waals surface area contributed by atoms with Crippen molar-refractivity contribution in [3.8, 4) is 0 Å². The Bertz CT molecular complexity index is 230. The Morgan fingerprint density at radius 2 is 2.36 bits per heavy atom. The molecule has 2 N–H and O–H groups in total. The second-order valence-corrected chi connectivity index (χ2v) is 4.23. The summed E-state index contributed by atoms with van der Waals surface area (Å²) in [5.41, 5.74) is 5.62. The fraction of sp³-hybridized carbons (Fsp3) is 0.900. The summed E-state index contributed by atoms with van der Waals surface area (Å²) < 4.78 is 5.63. The number of hydrogen-bond acceptors (Lipinski definition) is 3. The predicted octanol–water partition coefficient (Wildman–Crippen LogP) is 0.114. The van der Waals surface area contributed by atoms with Crippen LogP contribution in [0.1, 0.15) is 26.2 Å². The van der Waals surface area contributed by atoms with E-state index in [1.54, 1.807) is 6.92 Å². The van der Waals surface area contributed by atoms with Crippen LogP contribution < -0.4 is 5.73 Å². The van der Waals surface area contributed by atoms with Gasteiger partial charge in [0.25, 0.3) is 0 Å². The lowest BCUT2D eigenvalue weighted by Gasteiger charge is -2.38. The van der Waals surface area contributed by atoms with E-state index in [4.69, 9.17) is 10.5 Å². The van der Waals surface area contributed by atoms with Crippen LogP contribution in [-0.2, 0) is 9.53 Å². The fourth-order valence-corrected chi connectivity index (χ4v) is 2.46. The van der Waals surface area contributed by atoms with Crippen molar-refractivity contribution in [3.63, 3.8) is 0 Å². The molecule has 4 heteroatoms. The van der Waals surface area contributed by atoms with E-state index >= 15 is 0 Å². The van der Waals surface area contributed by atoms with Gasteiger partial charge in [-0.25, -0.2) is 0 Å². The number of fused-ring (bicyclic) bond motifs is 1. The van der Waals surface area contributed by atoms with Gasteiger partial charge in [-0.05, 0) is 26.2 Å². The fourth-order valence-electron chi connectivity index (χ4n) is 2.46. The predicted molar refractivity (Wildman–Crippen MR) is 52.7 cm³/mol. The number of nitrogens with zero attached hydrogens (tertiary/aromatic N) is 1. The molecular formula is C10H18N2O2. The molecule has 14 heavy (non-hydrogen) atoms. The maximum atomic E-state index is 11.8. The molecule has 2 aliphatic rings. The maximum absolute atomic E-state index is 11.8. The minimum Gasteiger partial charge on any atom is -0.374 e. The summed E-state index contributed by atoms with van der Waals surface area (Å²) in [5, 5.41) is 0. The second-order valence-electron chi connectivity index (χ2n) is 4.23. The van der Waals surface area contributed by atoms with Gasteiger partial charge in [-0.15, -0.1) is 0 Å². The van der Waals surface area contributed by atoms with Gasteiger partial charge in [-0.3, -0.25) is 4.79 Å². The van der Waals surface area contributed by atoms with E-state index in [1.807, 2.05) is 4.90 Å². The smallest absolute Gasteiger partial charge is 0.239 e. The summed E-state index contributed by atoms with van der Waals surface area (Å²) in [7, 11) is 0. The molecule has 1 aliphatic carbocycles. The van der Waals surface area contributed by atoms with Crippen LogP contribution in [0.5, 0.6) is 0 Å². The van der Waals surface area contributed by atoms with Gasteiger partial charge in [0, 0.05) is 6.54 Å².